The van der Waals surface area contributed by atoms with E-state index >= 15 is 0 Å². The minimum absolute atomic E-state index is 0.0150. The molecule has 2 fully saturated rings. The highest BCUT2D eigenvalue weighted by Crippen LogP contribution is 2.65. The average Bonchev–Trinajstić information content (AvgIpc) is 3.83. The van der Waals surface area contributed by atoms with Crippen LogP contribution >= 0.6 is 0 Å². The molecule has 310 valence electrons. The van der Waals surface area contributed by atoms with Gasteiger partial charge in [-0.1, -0.05) is 173 Å². The zero-order chi connectivity index (χ0) is 42.3. The minimum atomic E-state index is -0.572. The van der Waals surface area contributed by atoms with Gasteiger partial charge in [-0.25, -0.2) is 0 Å². The first-order valence-corrected chi connectivity index (χ1v) is 23.8. The predicted molar refractivity (Wildman–Crippen MR) is 264 cm³/mol. The summed E-state index contributed by atoms with van der Waals surface area (Å²) >= 11 is 0. The Morgan fingerprint density at radius 3 is 1.44 bits per heavy atom. The lowest BCUT2D eigenvalue weighted by molar-refractivity contribution is 0.195. The maximum atomic E-state index is 2.77. The lowest BCUT2D eigenvalue weighted by Gasteiger charge is -2.50. The number of anilines is 4. The molecule has 0 amide bonds. The third-order valence-corrected chi connectivity index (χ3v) is 18.0. The molecule has 8 aromatic rings. The summed E-state index contributed by atoms with van der Waals surface area (Å²) in [4.78, 5) is 5.51. The van der Waals surface area contributed by atoms with E-state index in [1.54, 1.807) is 0 Å². The van der Waals surface area contributed by atoms with Crippen LogP contribution in [0, 0.1) is 0 Å². The summed E-state index contributed by atoms with van der Waals surface area (Å²) in [6.07, 6.45) is 9.88. The van der Waals surface area contributed by atoms with E-state index in [2.05, 4.69) is 207 Å². The number of para-hydroxylation sites is 2. The van der Waals surface area contributed by atoms with Crippen molar-refractivity contribution in [3.05, 3.63) is 203 Å². The molecule has 2 heterocycles. The first kappa shape index (κ1) is 37.4. The Bertz CT molecular complexity index is 3130. The van der Waals surface area contributed by atoms with Gasteiger partial charge in [-0.15, -0.1) is 0 Å². The second-order valence-electron chi connectivity index (χ2n) is 20.6. The normalized spacial score (nSPS) is 26.2. The SMILES string of the molecule is CC12CCCCC1(C)N(c1ccc3c(c1)C(c1ccccc1)(c1ccccc1)c1c-3c3ccccc3c3cc(N4c5ccccc5C5(C)CCCCC45C)ccc13)c1ccccc12. The molecule has 0 saturated heterocycles. The van der Waals surface area contributed by atoms with Crippen LogP contribution in [0.2, 0.25) is 0 Å². The molecule has 63 heavy (non-hydrogen) atoms. The highest BCUT2D eigenvalue weighted by molar-refractivity contribution is 6.20. The van der Waals surface area contributed by atoms with Gasteiger partial charge in [0.15, 0.2) is 0 Å². The van der Waals surface area contributed by atoms with Crippen LogP contribution < -0.4 is 9.80 Å². The molecule has 0 bridgehead atoms. The van der Waals surface area contributed by atoms with Crippen LogP contribution in [0.15, 0.2) is 170 Å². The number of rotatable bonds is 4. The fraction of sp³-hybridized carbons (Fsp3) is 0.279. The standard InChI is InChI=1S/C61H56N2/c1-57-35-17-19-37-59(57,3)62(53-29-15-13-27-50(53)57)43-31-33-47-49(39-43)45-25-11-12-26-46(45)55-48-34-32-44(63-54-30-16-14-28-51(54)58(2)36-18-20-38-60(58,63)4)40-52(48)61(56(47)55,41-21-7-5-8-22-41)42-23-9-6-10-24-42/h5-16,21-34,39-40H,17-20,35-38H2,1-4H3. The fourth-order valence-electron chi connectivity index (χ4n) is 14.7. The van der Waals surface area contributed by atoms with Crippen LogP contribution in [0.5, 0.6) is 0 Å². The Balaban J connectivity index is 1.12. The Hall–Kier alpha value is -6.12. The lowest BCUT2D eigenvalue weighted by Crippen LogP contribution is -2.54. The molecule has 0 spiro atoms. The number of benzene rings is 8. The third kappa shape index (κ3) is 4.55. The van der Waals surface area contributed by atoms with Crippen molar-refractivity contribution in [2.24, 2.45) is 0 Å². The average molecular weight is 817 g/mol. The fourth-order valence-corrected chi connectivity index (χ4v) is 14.7. The molecule has 4 atom stereocenters. The van der Waals surface area contributed by atoms with Gasteiger partial charge in [0.2, 0.25) is 0 Å². The molecule has 0 N–H and O–H groups in total. The monoisotopic (exact) mass is 816 g/mol. The van der Waals surface area contributed by atoms with Gasteiger partial charge in [0.05, 0.1) is 16.5 Å². The predicted octanol–water partition coefficient (Wildman–Crippen LogP) is 15.8. The van der Waals surface area contributed by atoms with Crippen molar-refractivity contribution in [3.8, 4) is 11.1 Å². The summed E-state index contributed by atoms with van der Waals surface area (Å²) < 4.78 is 0. The maximum absolute atomic E-state index is 2.77. The zero-order valence-electron chi connectivity index (χ0n) is 37.2. The van der Waals surface area contributed by atoms with Crippen LogP contribution in [0.3, 0.4) is 0 Å². The summed E-state index contributed by atoms with van der Waals surface area (Å²) in [6, 6.07) is 66.0. The largest absolute Gasteiger partial charge is 0.334 e. The molecule has 2 aliphatic heterocycles. The van der Waals surface area contributed by atoms with Gasteiger partial charge < -0.3 is 9.80 Å². The first-order valence-electron chi connectivity index (χ1n) is 23.8. The summed E-state index contributed by atoms with van der Waals surface area (Å²) in [5.41, 5.74) is 16.0. The van der Waals surface area contributed by atoms with Gasteiger partial charge in [-0.3, -0.25) is 0 Å². The summed E-state index contributed by atoms with van der Waals surface area (Å²) in [6.45, 7) is 10.2. The van der Waals surface area contributed by atoms with Gasteiger partial charge >= 0.3 is 0 Å². The molecule has 2 heteroatoms. The molecule has 8 aromatic carbocycles. The topological polar surface area (TPSA) is 6.48 Å². The second kappa shape index (κ2) is 13.0. The van der Waals surface area contributed by atoms with Crippen LogP contribution in [-0.4, -0.2) is 11.1 Å². The maximum Gasteiger partial charge on any atom is 0.0720 e. The molecule has 0 aromatic heterocycles. The number of nitrogens with zero attached hydrogens (tertiary/aromatic N) is 2. The van der Waals surface area contributed by atoms with Crippen LogP contribution in [0.4, 0.5) is 22.7 Å². The Morgan fingerprint density at radius 1 is 0.381 bits per heavy atom. The molecule has 2 saturated carbocycles. The molecule has 13 rings (SSSR count). The molecule has 0 radical (unpaired) electrons. The summed E-state index contributed by atoms with van der Waals surface area (Å²) in [5, 5.41) is 5.31. The van der Waals surface area contributed by atoms with Crippen LogP contribution in [-0.2, 0) is 16.2 Å². The van der Waals surface area contributed by atoms with E-state index in [-0.39, 0.29) is 21.9 Å². The lowest BCUT2D eigenvalue weighted by atomic mass is 9.61. The Labute approximate surface area is 373 Å². The number of hydrogen-bond donors (Lipinski definition) is 0. The van der Waals surface area contributed by atoms with Gasteiger partial charge in [-0.05, 0) is 142 Å². The molecule has 4 unspecified atom stereocenters. The minimum Gasteiger partial charge on any atom is -0.334 e. The highest BCUT2D eigenvalue weighted by Gasteiger charge is 2.59. The highest BCUT2D eigenvalue weighted by atomic mass is 15.3. The van der Waals surface area contributed by atoms with Gasteiger partial charge in [0.25, 0.3) is 0 Å². The van der Waals surface area contributed by atoms with E-state index in [9.17, 15) is 0 Å². The van der Waals surface area contributed by atoms with Crippen molar-refractivity contribution in [2.75, 3.05) is 9.80 Å². The van der Waals surface area contributed by atoms with Crippen molar-refractivity contribution in [1.82, 2.24) is 0 Å². The van der Waals surface area contributed by atoms with Crippen LogP contribution in [0.1, 0.15) is 112 Å². The van der Waals surface area contributed by atoms with Crippen molar-refractivity contribution in [3.63, 3.8) is 0 Å². The number of hydrogen-bond acceptors (Lipinski definition) is 2. The van der Waals surface area contributed by atoms with Crippen molar-refractivity contribution in [1.29, 1.82) is 0 Å². The molecular weight excluding hydrogens is 761 g/mol. The zero-order valence-corrected chi connectivity index (χ0v) is 37.2. The smallest absolute Gasteiger partial charge is 0.0720 e. The first-order chi connectivity index (χ1) is 30.7. The van der Waals surface area contributed by atoms with E-state index in [1.807, 2.05) is 0 Å². The van der Waals surface area contributed by atoms with Crippen LogP contribution in [0.25, 0.3) is 32.7 Å². The quantitative estimate of drug-likeness (QED) is 0.163. The van der Waals surface area contributed by atoms with Crippen molar-refractivity contribution in [2.45, 2.75) is 106 Å². The van der Waals surface area contributed by atoms with Crippen molar-refractivity contribution < 1.29 is 0 Å². The third-order valence-electron chi connectivity index (χ3n) is 18.0. The Kier molecular flexibility index (Phi) is 7.71. The van der Waals surface area contributed by atoms with Gasteiger partial charge in [-0.2, -0.15) is 0 Å². The van der Waals surface area contributed by atoms with E-state index in [0.29, 0.717) is 0 Å². The van der Waals surface area contributed by atoms with E-state index in [1.165, 1.54) is 140 Å². The van der Waals surface area contributed by atoms with E-state index < -0.39 is 5.41 Å². The van der Waals surface area contributed by atoms with E-state index in [0.717, 1.165) is 0 Å². The van der Waals surface area contributed by atoms with Gasteiger partial charge in [0.1, 0.15) is 0 Å². The number of fused-ring (bicyclic) bond motifs is 14. The molecule has 2 nitrogen and oxygen atoms in total. The van der Waals surface area contributed by atoms with Crippen molar-refractivity contribution >= 4 is 44.3 Å². The van der Waals surface area contributed by atoms with Gasteiger partial charge in [0, 0.05) is 33.6 Å². The summed E-state index contributed by atoms with van der Waals surface area (Å²) in [7, 11) is 0. The summed E-state index contributed by atoms with van der Waals surface area (Å²) in [5.74, 6) is 0. The Morgan fingerprint density at radius 2 is 0.857 bits per heavy atom. The molecule has 3 aliphatic carbocycles. The second-order valence-corrected chi connectivity index (χ2v) is 20.6. The molecule has 5 aliphatic rings. The van der Waals surface area contributed by atoms with E-state index in [4.69, 9.17) is 0 Å². The molecular formula is C61H56N2.